The van der Waals surface area contributed by atoms with Gasteiger partial charge in [0.2, 0.25) is 0 Å². The lowest BCUT2D eigenvalue weighted by Gasteiger charge is -2.27. The van der Waals surface area contributed by atoms with E-state index in [2.05, 4.69) is 22.7 Å². The first-order chi connectivity index (χ1) is 12.7. The summed E-state index contributed by atoms with van der Waals surface area (Å²) in [7, 11) is 0. The number of rotatable bonds is 5. The second kappa shape index (κ2) is 6.89. The molecule has 1 fully saturated rings. The first-order valence-corrected chi connectivity index (χ1v) is 9.03. The number of fused-ring (bicyclic) bond motifs is 2. The van der Waals surface area contributed by atoms with Crippen molar-refractivity contribution < 1.29 is 9.90 Å². The lowest BCUT2D eigenvalue weighted by Crippen LogP contribution is -2.43. The van der Waals surface area contributed by atoms with Crippen molar-refractivity contribution in [1.82, 2.24) is 5.43 Å². The molecule has 2 aliphatic rings. The second-order valence-electron chi connectivity index (χ2n) is 7.11. The third kappa shape index (κ3) is 2.97. The highest BCUT2D eigenvalue weighted by Crippen LogP contribution is 2.42. The summed E-state index contributed by atoms with van der Waals surface area (Å²) in [5.74, 6) is 0.997. The highest BCUT2D eigenvalue weighted by molar-refractivity contribution is 5.90. The Kier molecular flexibility index (Phi) is 4.43. The maximum Gasteiger partial charge on any atom is 0.281 e. The van der Waals surface area contributed by atoms with Gasteiger partial charge in [-0.2, -0.15) is 5.10 Å². The summed E-state index contributed by atoms with van der Waals surface area (Å²) < 4.78 is 0. The van der Waals surface area contributed by atoms with Crippen LogP contribution in [0.2, 0.25) is 0 Å². The van der Waals surface area contributed by atoms with Crippen LogP contribution in [0.25, 0.3) is 0 Å². The van der Waals surface area contributed by atoms with Crippen molar-refractivity contribution in [3.63, 3.8) is 0 Å². The first-order valence-electron chi connectivity index (χ1n) is 9.03. The Bertz CT molecular complexity index is 790. The van der Waals surface area contributed by atoms with Gasteiger partial charge < -0.3 is 5.11 Å². The van der Waals surface area contributed by atoms with Gasteiger partial charge in [-0.25, -0.2) is 5.43 Å². The molecule has 0 aromatic heterocycles. The van der Waals surface area contributed by atoms with Gasteiger partial charge in [-0.3, -0.25) is 4.79 Å². The summed E-state index contributed by atoms with van der Waals surface area (Å²) in [6.45, 7) is 0. The number of nitrogens with zero attached hydrogens (tertiary/aromatic N) is 1. The predicted molar refractivity (Wildman–Crippen MR) is 101 cm³/mol. The number of hydrazone groups is 1. The van der Waals surface area contributed by atoms with Crippen LogP contribution >= 0.6 is 0 Å². The van der Waals surface area contributed by atoms with E-state index >= 15 is 0 Å². The van der Waals surface area contributed by atoms with E-state index in [0.717, 1.165) is 6.42 Å². The van der Waals surface area contributed by atoms with E-state index in [1.165, 1.54) is 6.42 Å². The second-order valence-corrected chi connectivity index (χ2v) is 7.11. The zero-order valence-electron chi connectivity index (χ0n) is 14.5. The minimum absolute atomic E-state index is 0.367. The quantitative estimate of drug-likeness (QED) is 0.496. The lowest BCUT2D eigenvalue weighted by molar-refractivity contribution is -0.136. The van der Waals surface area contributed by atoms with Gasteiger partial charge in [-0.1, -0.05) is 72.8 Å². The summed E-state index contributed by atoms with van der Waals surface area (Å²) >= 11 is 0. The normalized spacial score (nSPS) is 24.3. The number of amides is 1. The van der Waals surface area contributed by atoms with Crippen LogP contribution in [0, 0.1) is 17.8 Å². The van der Waals surface area contributed by atoms with Gasteiger partial charge in [0.1, 0.15) is 0 Å². The van der Waals surface area contributed by atoms with Gasteiger partial charge in [-0.15, -0.1) is 0 Å². The van der Waals surface area contributed by atoms with Gasteiger partial charge in [-0.05, 0) is 35.8 Å². The summed E-state index contributed by atoms with van der Waals surface area (Å²) in [4.78, 5) is 12.9. The molecule has 0 heterocycles. The van der Waals surface area contributed by atoms with Crippen molar-refractivity contribution in [2.24, 2.45) is 22.9 Å². The van der Waals surface area contributed by atoms with Crippen LogP contribution in [0.5, 0.6) is 0 Å². The Hall–Kier alpha value is -2.72. The number of benzene rings is 2. The standard InChI is InChI=1S/C22H22N2O2/c25-21(24-23-15-18-14-16-11-12-17(18)13-16)22(26,19-7-3-1-4-8-19)20-9-5-2-6-10-20/h1-12,15-18,26H,13-14H2,(H,24,25)/b23-15-/t16-,17+,18+/m1/s1. The number of carbonyl (C=O) groups is 1. The van der Waals surface area contributed by atoms with Gasteiger partial charge in [0.25, 0.3) is 5.91 Å². The molecule has 4 heteroatoms. The number of nitrogens with one attached hydrogen (secondary N) is 1. The van der Waals surface area contributed by atoms with Crippen molar-refractivity contribution in [3.05, 3.63) is 83.9 Å². The molecule has 3 atom stereocenters. The van der Waals surface area contributed by atoms with E-state index in [4.69, 9.17) is 0 Å². The van der Waals surface area contributed by atoms with Crippen molar-refractivity contribution in [3.8, 4) is 0 Å². The predicted octanol–water partition coefficient (Wildman–Crippen LogP) is 3.24. The van der Waals surface area contributed by atoms with E-state index < -0.39 is 11.5 Å². The Balaban J connectivity index is 1.56. The monoisotopic (exact) mass is 346 g/mol. The molecule has 0 aliphatic heterocycles. The molecule has 1 amide bonds. The molecule has 2 N–H and O–H groups in total. The fourth-order valence-electron chi connectivity index (χ4n) is 4.05. The minimum Gasteiger partial charge on any atom is -0.372 e. The van der Waals surface area contributed by atoms with E-state index in [-0.39, 0.29) is 0 Å². The van der Waals surface area contributed by atoms with Gasteiger partial charge in [0.05, 0.1) is 0 Å². The van der Waals surface area contributed by atoms with Crippen LogP contribution in [0.3, 0.4) is 0 Å². The summed E-state index contributed by atoms with van der Waals surface area (Å²) in [5.41, 5.74) is 1.81. The number of hydrogen-bond acceptors (Lipinski definition) is 3. The molecule has 2 aliphatic carbocycles. The van der Waals surface area contributed by atoms with Gasteiger partial charge in [0.15, 0.2) is 5.60 Å². The zero-order valence-corrected chi connectivity index (χ0v) is 14.5. The summed E-state index contributed by atoms with van der Waals surface area (Å²) in [6.07, 6.45) is 8.61. The number of allylic oxidation sites excluding steroid dienone is 2. The number of aliphatic hydroxyl groups is 1. The smallest absolute Gasteiger partial charge is 0.281 e. The van der Waals surface area contributed by atoms with Crippen molar-refractivity contribution >= 4 is 12.1 Å². The molecule has 4 nitrogen and oxygen atoms in total. The van der Waals surface area contributed by atoms with Crippen LogP contribution in [0.4, 0.5) is 0 Å². The van der Waals surface area contributed by atoms with Crippen molar-refractivity contribution in [1.29, 1.82) is 0 Å². The number of carbonyl (C=O) groups excluding carboxylic acids is 1. The molecule has 2 bridgehead atoms. The molecular weight excluding hydrogens is 324 g/mol. The molecule has 0 saturated heterocycles. The topological polar surface area (TPSA) is 61.7 Å². The van der Waals surface area contributed by atoms with E-state index in [0.29, 0.717) is 28.9 Å². The highest BCUT2D eigenvalue weighted by Gasteiger charge is 2.40. The number of hydrogen-bond donors (Lipinski definition) is 2. The average Bonchev–Trinajstić information content (AvgIpc) is 3.32. The fraction of sp³-hybridized carbons (Fsp3) is 0.273. The molecule has 4 rings (SSSR count). The first kappa shape index (κ1) is 16.7. The third-order valence-corrected chi connectivity index (χ3v) is 5.47. The fourth-order valence-corrected chi connectivity index (χ4v) is 4.05. The Morgan fingerprint density at radius 2 is 1.62 bits per heavy atom. The average molecular weight is 346 g/mol. The van der Waals surface area contributed by atoms with E-state index in [1.54, 1.807) is 48.5 Å². The molecule has 26 heavy (non-hydrogen) atoms. The van der Waals surface area contributed by atoms with E-state index in [9.17, 15) is 9.90 Å². The SMILES string of the molecule is O=C(N/N=C\[C@@H]1C[C@@H]2C=C[C@H]1C2)C(O)(c1ccccc1)c1ccccc1. The highest BCUT2D eigenvalue weighted by atomic mass is 16.3. The summed E-state index contributed by atoms with van der Waals surface area (Å²) in [6, 6.07) is 17.9. The van der Waals surface area contributed by atoms with Crippen molar-refractivity contribution in [2.45, 2.75) is 18.4 Å². The largest absolute Gasteiger partial charge is 0.372 e. The van der Waals surface area contributed by atoms with Gasteiger partial charge >= 0.3 is 0 Å². The van der Waals surface area contributed by atoms with Crippen LogP contribution in [-0.4, -0.2) is 17.2 Å². The summed E-state index contributed by atoms with van der Waals surface area (Å²) in [5, 5.41) is 15.5. The van der Waals surface area contributed by atoms with Crippen LogP contribution in [0.15, 0.2) is 77.9 Å². The minimum atomic E-state index is -1.78. The van der Waals surface area contributed by atoms with Crippen molar-refractivity contribution in [2.75, 3.05) is 0 Å². The third-order valence-electron chi connectivity index (χ3n) is 5.47. The maximum absolute atomic E-state index is 12.9. The molecule has 132 valence electrons. The van der Waals surface area contributed by atoms with E-state index in [1.807, 2.05) is 18.3 Å². The molecule has 2 aromatic rings. The Morgan fingerprint density at radius 3 is 2.12 bits per heavy atom. The molecule has 0 radical (unpaired) electrons. The Labute approximate surface area is 153 Å². The molecule has 1 saturated carbocycles. The van der Waals surface area contributed by atoms with Gasteiger partial charge in [0, 0.05) is 12.1 Å². The zero-order chi connectivity index (χ0) is 18.0. The molecule has 0 unspecified atom stereocenters. The Morgan fingerprint density at radius 1 is 1.00 bits per heavy atom. The molecule has 2 aromatic carbocycles. The molecular formula is C22H22N2O2. The van der Waals surface area contributed by atoms with Crippen LogP contribution in [-0.2, 0) is 10.4 Å². The lowest BCUT2D eigenvalue weighted by atomic mass is 9.85. The molecule has 0 spiro atoms. The van der Waals surface area contributed by atoms with Crippen LogP contribution < -0.4 is 5.43 Å². The maximum atomic E-state index is 12.9. The van der Waals surface area contributed by atoms with Crippen LogP contribution in [0.1, 0.15) is 24.0 Å².